The van der Waals surface area contributed by atoms with Crippen LogP contribution in [0.1, 0.15) is 0 Å². The molecule has 0 bridgehead atoms. The summed E-state index contributed by atoms with van der Waals surface area (Å²) >= 11 is 0. The minimum Gasteiger partial charge on any atom is -0.289 e. The third kappa shape index (κ3) is 2.25. The normalized spacial score (nSPS) is 12.7. The van der Waals surface area contributed by atoms with E-state index < -0.39 is 0 Å². The molecule has 0 N–H and O–H groups in total. The van der Waals surface area contributed by atoms with Crippen molar-refractivity contribution in [3.05, 3.63) is 130 Å². The van der Waals surface area contributed by atoms with Crippen LogP contribution in [-0.4, -0.2) is 0 Å². The summed E-state index contributed by atoms with van der Waals surface area (Å²) in [4.78, 5) is 27.9. The van der Waals surface area contributed by atoms with Crippen LogP contribution < -0.4 is 10.9 Å². The second-order valence-corrected chi connectivity index (χ2v) is 11.1. The van der Waals surface area contributed by atoms with E-state index in [1.807, 2.05) is 60.7 Å². The Balaban J connectivity index is 1.59. The molecule has 2 nitrogen and oxygen atoms in total. The third-order valence-corrected chi connectivity index (χ3v) is 9.21. The van der Waals surface area contributed by atoms with Crippen LogP contribution in [-0.2, 0) is 0 Å². The van der Waals surface area contributed by atoms with Crippen molar-refractivity contribution in [2.45, 2.75) is 0 Å². The number of benzene rings is 8. The maximum Gasteiger partial charge on any atom is 0.194 e. The van der Waals surface area contributed by atoms with E-state index in [0.29, 0.717) is 0 Å². The standard InChI is InChI=1S/C38H18O2/c39-37-25-13-5-11-23-31(25)35(27-15-19-7-1-3-9-21(19)17-29(27)37)33-24-12-6-14-26-32(24)36(34(23)33)28-16-20-8-2-4-10-22(20)18-30(28)38(26)40/h1-18H. The summed E-state index contributed by atoms with van der Waals surface area (Å²) < 4.78 is 0. The van der Waals surface area contributed by atoms with Gasteiger partial charge in [-0.2, -0.15) is 0 Å². The lowest BCUT2D eigenvalue weighted by Gasteiger charge is -2.14. The van der Waals surface area contributed by atoms with Crippen molar-refractivity contribution in [3.8, 4) is 22.3 Å². The predicted octanol–water partition coefficient (Wildman–Crippen LogP) is 9.00. The molecule has 182 valence electrons. The van der Waals surface area contributed by atoms with Crippen molar-refractivity contribution in [2.75, 3.05) is 0 Å². The predicted molar refractivity (Wildman–Crippen MR) is 168 cm³/mol. The highest BCUT2D eigenvalue weighted by Gasteiger charge is 2.31. The Hall–Kier alpha value is -5.34. The molecule has 6 aromatic rings. The van der Waals surface area contributed by atoms with Crippen molar-refractivity contribution in [1.82, 2.24) is 0 Å². The van der Waals surface area contributed by atoms with Gasteiger partial charge in [-0.3, -0.25) is 9.59 Å². The molecule has 2 heteroatoms. The van der Waals surface area contributed by atoms with Gasteiger partial charge in [-0.25, -0.2) is 0 Å². The quantitative estimate of drug-likeness (QED) is 0.192. The fourth-order valence-electron chi connectivity index (χ4n) is 7.58. The van der Waals surface area contributed by atoms with Crippen LogP contribution in [0, 0.1) is 0 Å². The van der Waals surface area contributed by atoms with E-state index in [4.69, 9.17) is 0 Å². The molecule has 10 rings (SSSR count). The van der Waals surface area contributed by atoms with E-state index in [-0.39, 0.29) is 10.9 Å². The molecular formula is C38H18O2. The molecule has 0 spiro atoms. The summed E-state index contributed by atoms with van der Waals surface area (Å²) in [7, 11) is 0. The summed E-state index contributed by atoms with van der Waals surface area (Å²) in [6.07, 6.45) is 0. The van der Waals surface area contributed by atoms with Gasteiger partial charge in [-0.1, -0.05) is 84.9 Å². The maximum absolute atomic E-state index is 14.0. The highest BCUT2D eigenvalue weighted by Crippen LogP contribution is 2.56. The van der Waals surface area contributed by atoms with E-state index in [2.05, 4.69) is 48.5 Å². The van der Waals surface area contributed by atoms with Gasteiger partial charge in [0.2, 0.25) is 0 Å². The largest absolute Gasteiger partial charge is 0.289 e. The Kier molecular flexibility index (Phi) is 3.50. The zero-order chi connectivity index (χ0) is 26.3. The minimum atomic E-state index is 0.0757. The fourth-order valence-corrected chi connectivity index (χ4v) is 7.58. The van der Waals surface area contributed by atoms with Crippen LogP contribution >= 0.6 is 0 Å². The lowest BCUT2D eigenvalue weighted by Crippen LogP contribution is -2.05. The van der Waals surface area contributed by atoms with Gasteiger partial charge in [0.25, 0.3) is 0 Å². The first-order valence-electron chi connectivity index (χ1n) is 13.6. The molecule has 0 unspecified atom stereocenters. The van der Waals surface area contributed by atoms with E-state index in [1.165, 1.54) is 0 Å². The molecule has 0 saturated carbocycles. The Morgan fingerprint density at radius 3 is 1.05 bits per heavy atom. The van der Waals surface area contributed by atoms with E-state index >= 15 is 0 Å². The van der Waals surface area contributed by atoms with Crippen LogP contribution in [0.25, 0.3) is 97.7 Å². The summed E-state index contributed by atoms with van der Waals surface area (Å²) in [5.74, 6) is 0. The van der Waals surface area contributed by atoms with Crippen molar-refractivity contribution >= 4 is 75.4 Å². The first-order chi connectivity index (χ1) is 19.7. The number of fused-ring (bicyclic) bond motifs is 11. The highest BCUT2D eigenvalue weighted by atomic mass is 16.1. The SMILES string of the molecule is O=c1c2cccc3c2-c(c2cc4ccccc4cc12)c1c2cccc4c2-c(c2cc5ccccc5cc2c4=O)c31. The Morgan fingerprint density at radius 1 is 0.300 bits per heavy atom. The van der Waals surface area contributed by atoms with Crippen LogP contribution in [0.4, 0.5) is 0 Å². The number of hydrogen-bond donors (Lipinski definition) is 0. The van der Waals surface area contributed by atoms with Gasteiger partial charge in [0.1, 0.15) is 0 Å². The van der Waals surface area contributed by atoms with E-state index in [9.17, 15) is 9.59 Å². The lowest BCUT2D eigenvalue weighted by atomic mass is 9.88. The number of rotatable bonds is 0. The molecular weight excluding hydrogens is 488 g/mol. The van der Waals surface area contributed by atoms with Gasteiger partial charge in [0, 0.05) is 32.7 Å². The molecule has 0 heterocycles. The minimum absolute atomic E-state index is 0.0757. The van der Waals surface area contributed by atoms with E-state index in [0.717, 1.165) is 97.7 Å². The Bertz CT molecular complexity index is 2550. The summed E-state index contributed by atoms with van der Waals surface area (Å²) in [5.41, 5.74) is 4.45. The molecule has 0 aliphatic heterocycles. The smallest absolute Gasteiger partial charge is 0.194 e. The molecule has 4 aliphatic rings. The van der Waals surface area contributed by atoms with Crippen molar-refractivity contribution in [2.24, 2.45) is 0 Å². The van der Waals surface area contributed by atoms with Crippen LogP contribution in [0.5, 0.6) is 0 Å². The maximum atomic E-state index is 14.0. The average molecular weight is 507 g/mol. The topological polar surface area (TPSA) is 34.1 Å². The molecule has 0 fully saturated rings. The van der Waals surface area contributed by atoms with Gasteiger partial charge in [0.15, 0.2) is 10.9 Å². The molecule has 0 saturated heterocycles. The van der Waals surface area contributed by atoms with Crippen LogP contribution in [0.2, 0.25) is 0 Å². The molecule has 0 amide bonds. The van der Waals surface area contributed by atoms with Crippen LogP contribution in [0.3, 0.4) is 0 Å². The summed E-state index contributed by atoms with van der Waals surface area (Å²) in [6, 6.07) is 37.2. The third-order valence-electron chi connectivity index (χ3n) is 9.21. The Labute approximate surface area is 227 Å². The zero-order valence-corrected chi connectivity index (χ0v) is 21.2. The molecule has 0 radical (unpaired) electrons. The molecule has 6 aromatic carbocycles. The van der Waals surface area contributed by atoms with Crippen LogP contribution in [0.15, 0.2) is 119 Å². The lowest BCUT2D eigenvalue weighted by molar-refractivity contribution is 1.70. The first kappa shape index (κ1) is 20.6. The second kappa shape index (κ2) is 6.80. The average Bonchev–Trinajstić information content (AvgIpc) is 3.51. The zero-order valence-electron chi connectivity index (χ0n) is 21.2. The monoisotopic (exact) mass is 506 g/mol. The summed E-state index contributed by atoms with van der Waals surface area (Å²) in [6.45, 7) is 0. The molecule has 4 aliphatic carbocycles. The van der Waals surface area contributed by atoms with Gasteiger partial charge >= 0.3 is 0 Å². The second-order valence-electron chi connectivity index (χ2n) is 11.1. The van der Waals surface area contributed by atoms with Gasteiger partial charge in [0.05, 0.1) is 0 Å². The highest BCUT2D eigenvalue weighted by molar-refractivity contribution is 6.42. The number of hydrogen-bond acceptors (Lipinski definition) is 2. The molecule has 40 heavy (non-hydrogen) atoms. The van der Waals surface area contributed by atoms with Gasteiger partial charge in [-0.15, -0.1) is 0 Å². The fraction of sp³-hybridized carbons (Fsp3) is 0. The first-order valence-corrected chi connectivity index (χ1v) is 13.6. The van der Waals surface area contributed by atoms with Crippen molar-refractivity contribution in [3.63, 3.8) is 0 Å². The van der Waals surface area contributed by atoms with Gasteiger partial charge < -0.3 is 0 Å². The molecule has 0 atom stereocenters. The van der Waals surface area contributed by atoms with E-state index in [1.54, 1.807) is 0 Å². The summed E-state index contributed by atoms with van der Waals surface area (Å²) in [5, 5.41) is 13.8. The Morgan fingerprint density at radius 2 is 0.650 bits per heavy atom. The van der Waals surface area contributed by atoms with Gasteiger partial charge in [-0.05, 0) is 89.3 Å². The van der Waals surface area contributed by atoms with Crippen molar-refractivity contribution in [1.29, 1.82) is 0 Å². The molecule has 0 aromatic heterocycles. The van der Waals surface area contributed by atoms with Crippen molar-refractivity contribution < 1.29 is 0 Å².